The molecule has 0 aliphatic carbocycles. The van der Waals surface area contributed by atoms with E-state index in [0.717, 1.165) is 9.79 Å². The Balaban J connectivity index is 2.34. The molecule has 2 aromatic rings. The molecule has 0 aromatic heterocycles. The maximum absolute atomic E-state index is 13.4. The van der Waals surface area contributed by atoms with Gasteiger partial charge in [-0.05, 0) is 25.1 Å². The van der Waals surface area contributed by atoms with E-state index in [4.69, 9.17) is 10.5 Å². The fourth-order valence-corrected chi connectivity index (χ4v) is 2.59. The second kappa shape index (κ2) is 5.31. The first-order valence-corrected chi connectivity index (χ1v) is 6.29. The standard InChI is InChI=1S/C14H14FNOS/c1-9-4-3-5-10(6-9)18-14-8-13(17-2)11(15)7-12(14)16/h3-8H,16H2,1-2H3. The number of hydrogen-bond donors (Lipinski definition) is 1. The zero-order valence-corrected chi connectivity index (χ0v) is 11.1. The number of aryl methyl sites for hydroxylation is 1. The van der Waals surface area contributed by atoms with E-state index in [1.807, 2.05) is 25.1 Å². The van der Waals surface area contributed by atoms with Crippen molar-refractivity contribution in [1.82, 2.24) is 0 Å². The number of nitrogen functional groups attached to an aromatic ring is 1. The van der Waals surface area contributed by atoms with E-state index < -0.39 is 5.82 Å². The van der Waals surface area contributed by atoms with Crippen LogP contribution in [0.5, 0.6) is 5.75 Å². The second-order valence-electron chi connectivity index (χ2n) is 3.94. The fraction of sp³-hybridized carbons (Fsp3) is 0.143. The van der Waals surface area contributed by atoms with Gasteiger partial charge in [-0.1, -0.05) is 29.5 Å². The topological polar surface area (TPSA) is 35.2 Å². The molecule has 0 saturated carbocycles. The van der Waals surface area contributed by atoms with Gasteiger partial charge in [0.1, 0.15) is 0 Å². The van der Waals surface area contributed by atoms with Gasteiger partial charge in [-0.15, -0.1) is 0 Å². The Kier molecular flexibility index (Phi) is 3.77. The summed E-state index contributed by atoms with van der Waals surface area (Å²) < 4.78 is 18.4. The van der Waals surface area contributed by atoms with Crippen molar-refractivity contribution in [3.05, 3.63) is 47.8 Å². The van der Waals surface area contributed by atoms with Crippen LogP contribution in [0.2, 0.25) is 0 Å². The molecule has 0 fully saturated rings. The van der Waals surface area contributed by atoms with Gasteiger partial charge >= 0.3 is 0 Å². The zero-order valence-electron chi connectivity index (χ0n) is 10.2. The maximum atomic E-state index is 13.4. The zero-order chi connectivity index (χ0) is 13.1. The molecule has 2 rings (SSSR count). The molecule has 0 aliphatic rings. The molecule has 94 valence electrons. The predicted molar refractivity (Wildman–Crippen MR) is 72.7 cm³/mol. The number of rotatable bonds is 3. The molecule has 4 heteroatoms. The Morgan fingerprint density at radius 3 is 2.67 bits per heavy atom. The highest BCUT2D eigenvalue weighted by atomic mass is 32.2. The summed E-state index contributed by atoms with van der Waals surface area (Å²) in [5.74, 6) is -0.233. The molecular formula is C14H14FNOS. The average Bonchev–Trinajstić information content (AvgIpc) is 2.33. The third kappa shape index (κ3) is 2.76. The van der Waals surface area contributed by atoms with Crippen LogP contribution in [0, 0.1) is 12.7 Å². The van der Waals surface area contributed by atoms with Gasteiger partial charge in [0.15, 0.2) is 11.6 Å². The summed E-state index contributed by atoms with van der Waals surface area (Å²) >= 11 is 1.49. The number of nitrogens with two attached hydrogens (primary N) is 1. The Morgan fingerprint density at radius 1 is 1.22 bits per heavy atom. The Bertz CT molecular complexity index is 572. The summed E-state index contributed by atoms with van der Waals surface area (Å²) in [4.78, 5) is 1.86. The average molecular weight is 263 g/mol. The lowest BCUT2D eigenvalue weighted by Gasteiger charge is -2.09. The van der Waals surface area contributed by atoms with Crippen molar-refractivity contribution in [2.24, 2.45) is 0 Å². The minimum Gasteiger partial charge on any atom is -0.494 e. The van der Waals surface area contributed by atoms with Gasteiger partial charge in [0.25, 0.3) is 0 Å². The van der Waals surface area contributed by atoms with Gasteiger partial charge in [-0.25, -0.2) is 4.39 Å². The van der Waals surface area contributed by atoms with Crippen LogP contribution in [0.1, 0.15) is 5.56 Å². The molecule has 0 spiro atoms. The largest absolute Gasteiger partial charge is 0.494 e. The van der Waals surface area contributed by atoms with Gasteiger partial charge in [0.2, 0.25) is 0 Å². The summed E-state index contributed by atoms with van der Waals surface area (Å²) in [5.41, 5.74) is 7.40. The molecule has 0 radical (unpaired) electrons. The van der Waals surface area contributed by atoms with E-state index >= 15 is 0 Å². The predicted octanol–water partition coefficient (Wildman–Crippen LogP) is 3.88. The molecule has 0 amide bonds. The lowest BCUT2D eigenvalue weighted by atomic mass is 10.2. The highest BCUT2D eigenvalue weighted by Crippen LogP contribution is 2.36. The van der Waals surface area contributed by atoms with Crippen molar-refractivity contribution >= 4 is 17.4 Å². The van der Waals surface area contributed by atoms with E-state index in [9.17, 15) is 4.39 Å². The third-order valence-corrected chi connectivity index (χ3v) is 3.56. The molecule has 18 heavy (non-hydrogen) atoms. The molecule has 2 N–H and O–H groups in total. The summed E-state index contributed by atoms with van der Waals surface area (Å²) in [6.07, 6.45) is 0. The van der Waals surface area contributed by atoms with Gasteiger partial charge in [-0.2, -0.15) is 0 Å². The van der Waals surface area contributed by atoms with Crippen LogP contribution in [0.15, 0.2) is 46.2 Å². The van der Waals surface area contributed by atoms with Crippen molar-refractivity contribution in [1.29, 1.82) is 0 Å². The number of hydrogen-bond acceptors (Lipinski definition) is 3. The molecule has 2 aromatic carbocycles. The van der Waals surface area contributed by atoms with Crippen LogP contribution < -0.4 is 10.5 Å². The molecule has 2 nitrogen and oxygen atoms in total. The van der Waals surface area contributed by atoms with Crippen LogP contribution in [-0.2, 0) is 0 Å². The highest BCUT2D eigenvalue weighted by Gasteiger charge is 2.09. The molecule has 0 atom stereocenters. The van der Waals surface area contributed by atoms with Crippen molar-refractivity contribution in [2.45, 2.75) is 16.7 Å². The smallest absolute Gasteiger partial charge is 0.167 e. The van der Waals surface area contributed by atoms with Crippen LogP contribution in [-0.4, -0.2) is 7.11 Å². The molecule has 0 heterocycles. The summed E-state index contributed by atoms with van der Waals surface area (Å²) in [5, 5.41) is 0. The maximum Gasteiger partial charge on any atom is 0.167 e. The third-order valence-electron chi connectivity index (χ3n) is 2.50. The molecule has 0 saturated heterocycles. The van der Waals surface area contributed by atoms with Crippen LogP contribution in [0.25, 0.3) is 0 Å². The van der Waals surface area contributed by atoms with Gasteiger partial charge < -0.3 is 10.5 Å². The summed E-state index contributed by atoms with van der Waals surface area (Å²) in [6.45, 7) is 2.03. The summed E-state index contributed by atoms with van der Waals surface area (Å²) in [7, 11) is 1.44. The summed E-state index contributed by atoms with van der Waals surface area (Å²) in [6, 6.07) is 11.0. The minimum atomic E-state index is -0.441. The fourth-order valence-electron chi connectivity index (χ4n) is 1.60. The van der Waals surface area contributed by atoms with Crippen molar-refractivity contribution in [3.8, 4) is 5.75 Å². The first-order valence-electron chi connectivity index (χ1n) is 5.47. The Morgan fingerprint density at radius 2 is 2.00 bits per heavy atom. The first-order chi connectivity index (χ1) is 8.60. The monoisotopic (exact) mass is 263 g/mol. The number of halogens is 1. The van der Waals surface area contributed by atoms with E-state index in [-0.39, 0.29) is 5.75 Å². The van der Waals surface area contributed by atoms with E-state index in [1.54, 1.807) is 6.07 Å². The molecule has 0 bridgehead atoms. The van der Waals surface area contributed by atoms with Crippen molar-refractivity contribution in [2.75, 3.05) is 12.8 Å². The first kappa shape index (κ1) is 12.8. The number of ether oxygens (including phenoxy) is 1. The molecule has 0 aliphatic heterocycles. The van der Waals surface area contributed by atoms with E-state index in [1.165, 1.54) is 30.5 Å². The molecule has 0 unspecified atom stereocenters. The van der Waals surface area contributed by atoms with E-state index in [2.05, 4.69) is 6.07 Å². The lowest BCUT2D eigenvalue weighted by Crippen LogP contribution is -1.94. The van der Waals surface area contributed by atoms with Gasteiger partial charge in [0.05, 0.1) is 7.11 Å². The normalized spacial score (nSPS) is 10.4. The van der Waals surface area contributed by atoms with Crippen molar-refractivity contribution < 1.29 is 9.13 Å². The van der Waals surface area contributed by atoms with Gasteiger partial charge in [-0.3, -0.25) is 0 Å². The van der Waals surface area contributed by atoms with Crippen LogP contribution >= 0.6 is 11.8 Å². The minimum absolute atomic E-state index is 0.208. The Hall–Kier alpha value is -1.68. The second-order valence-corrected chi connectivity index (χ2v) is 5.06. The Labute approximate surface area is 110 Å². The lowest BCUT2D eigenvalue weighted by molar-refractivity contribution is 0.385. The molecular weight excluding hydrogens is 249 g/mol. The number of benzene rings is 2. The number of methoxy groups -OCH3 is 1. The SMILES string of the molecule is COc1cc(Sc2cccc(C)c2)c(N)cc1F. The van der Waals surface area contributed by atoms with E-state index in [0.29, 0.717) is 5.69 Å². The quantitative estimate of drug-likeness (QED) is 0.854. The van der Waals surface area contributed by atoms with Crippen LogP contribution in [0.3, 0.4) is 0 Å². The van der Waals surface area contributed by atoms with Crippen LogP contribution in [0.4, 0.5) is 10.1 Å². The van der Waals surface area contributed by atoms with Gasteiger partial charge in [0, 0.05) is 21.5 Å². The van der Waals surface area contributed by atoms with Crippen molar-refractivity contribution in [3.63, 3.8) is 0 Å². The highest BCUT2D eigenvalue weighted by molar-refractivity contribution is 7.99. The number of anilines is 1.